The highest BCUT2D eigenvalue weighted by molar-refractivity contribution is 6.29. The maximum atomic E-state index is 10.7. The first-order valence-corrected chi connectivity index (χ1v) is 3.63. The smallest absolute Gasteiger partial charge is 0.335 e. The lowest BCUT2D eigenvalue weighted by atomic mass is 10.2. The van der Waals surface area contributed by atoms with Crippen LogP contribution in [0.25, 0.3) is 0 Å². The van der Waals surface area contributed by atoms with E-state index in [4.69, 9.17) is 16.7 Å². The van der Waals surface area contributed by atoms with E-state index in [9.17, 15) is 4.79 Å². The van der Waals surface area contributed by atoms with Gasteiger partial charge in [-0.2, -0.15) is 0 Å². The molecule has 3 nitrogen and oxygen atoms in total. The Labute approximate surface area is 70.6 Å². The fourth-order valence-corrected chi connectivity index (χ4v) is 0.678. The van der Waals surface area contributed by atoms with Crippen LogP contribution in [0.15, 0.2) is 11.6 Å². The maximum absolute atomic E-state index is 10.7. The van der Waals surface area contributed by atoms with Gasteiger partial charge in [0.25, 0.3) is 0 Å². The molecule has 11 heavy (non-hydrogen) atoms. The van der Waals surface area contributed by atoms with Crippen LogP contribution in [0.1, 0.15) is 13.3 Å². The Morgan fingerprint density at radius 1 is 1.82 bits per heavy atom. The molecule has 4 heteroatoms. The number of ether oxygens (including phenoxy) is 1. The van der Waals surface area contributed by atoms with Crippen LogP contribution in [-0.4, -0.2) is 23.8 Å². The summed E-state index contributed by atoms with van der Waals surface area (Å²) in [5, 5.41) is 9.24. The number of rotatable bonds is 4. The minimum atomic E-state index is -1.18. The maximum Gasteiger partial charge on any atom is 0.335 e. The molecule has 0 heterocycles. The molecule has 0 radical (unpaired) electrons. The number of aliphatic hydroxyl groups is 1. The summed E-state index contributed by atoms with van der Waals surface area (Å²) in [6.45, 7) is 5.26. The van der Waals surface area contributed by atoms with Crippen molar-refractivity contribution in [2.24, 2.45) is 0 Å². The molecule has 0 saturated heterocycles. The molecule has 0 aliphatic heterocycles. The van der Waals surface area contributed by atoms with Crippen molar-refractivity contribution in [1.29, 1.82) is 0 Å². The Hall–Kier alpha value is -0.540. The summed E-state index contributed by atoms with van der Waals surface area (Å²) in [5.74, 6) is -0.658. The molecule has 0 bridgehead atoms. The van der Waals surface area contributed by atoms with Crippen molar-refractivity contribution in [3.8, 4) is 0 Å². The zero-order valence-electron chi connectivity index (χ0n) is 6.34. The van der Waals surface area contributed by atoms with E-state index >= 15 is 0 Å². The first-order chi connectivity index (χ1) is 5.07. The molecular weight excluding hydrogens is 168 g/mol. The van der Waals surface area contributed by atoms with Crippen molar-refractivity contribution in [2.45, 2.75) is 19.4 Å². The summed E-state index contributed by atoms with van der Waals surface area (Å²) in [7, 11) is 0. The highest BCUT2D eigenvalue weighted by atomic mass is 35.5. The molecule has 64 valence electrons. The lowest BCUT2D eigenvalue weighted by Crippen LogP contribution is -2.22. The standard InChI is InChI=1S/C7H11ClO3/c1-3-11-7(10)6(9)4-5(2)8/h6,9H,2-4H2,1H3. The van der Waals surface area contributed by atoms with E-state index in [0.717, 1.165) is 0 Å². The average Bonchev–Trinajstić information content (AvgIpc) is 1.86. The molecule has 0 rings (SSSR count). The molecule has 0 saturated carbocycles. The topological polar surface area (TPSA) is 46.5 Å². The zero-order valence-corrected chi connectivity index (χ0v) is 7.10. The van der Waals surface area contributed by atoms with E-state index in [0.29, 0.717) is 0 Å². The third-order valence-electron chi connectivity index (χ3n) is 0.974. The van der Waals surface area contributed by atoms with Crippen molar-refractivity contribution in [2.75, 3.05) is 6.61 Å². The average molecular weight is 179 g/mol. The van der Waals surface area contributed by atoms with Crippen LogP contribution in [0.2, 0.25) is 0 Å². The number of carbonyl (C=O) groups excluding carboxylic acids is 1. The van der Waals surface area contributed by atoms with Gasteiger partial charge in [0.2, 0.25) is 0 Å². The Bertz CT molecular complexity index is 156. The van der Waals surface area contributed by atoms with Crippen molar-refractivity contribution in [3.63, 3.8) is 0 Å². The van der Waals surface area contributed by atoms with Gasteiger partial charge in [-0.25, -0.2) is 4.79 Å². The quantitative estimate of drug-likeness (QED) is 0.655. The van der Waals surface area contributed by atoms with E-state index in [1.807, 2.05) is 0 Å². The van der Waals surface area contributed by atoms with Crippen molar-refractivity contribution >= 4 is 17.6 Å². The van der Waals surface area contributed by atoms with Crippen molar-refractivity contribution in [1.82, 2.24) is 0 Å². The van der Waals surface area contributed by atoms with E-state index in [-0.39, 0.29) is 18.1 Å². The summed E-state index contributed by atoms with van der Waals surface area (Å²) in [4.78, 5) is 10.7. The molecule has 0 amide bonds. The third-order valence-corrected chi connectivity index (χ3v) is 1.13. The minimum absolute atomic E-state index is 0.0421. The number of esters is 1. The van der Waals surface area contributed by atoms with Crippen LogP contribution >= 0.6 is 11.6 Å². The van der Waals surface area contributed by atoms with Gasteiger partial charge in [-0.3, -0.25) is 0 Å². The third kappa shape index (κ3) is 4.81. The van der Waals surface area contributed by atoms with Gasteiger partial charge in [0, 0.05) is 11.5 Å². The van der Waals surface area contributed by atoms with Gasteiger partial charge in [-0.05, 0) is 6.92 Å². The second kappa shape index (κ2) is 5.16. The molecule has 0 aliphatic carbocycles. The lowest BCUT2D eigenvalue weighted by Gasteiger charge is -2.07. The molecule has 0 aliphatic rings. The predicted octanol–water partition coefficient (Wildman–Crippen LogP) is 1.05. The predicted molar refractivity (Wildman–Crippen MR) is 42.2 cm³/mol. The van der Waals surface area contributed by atoms with E-state index in [2.05, 4.69) is 11.3 Å². The Morgan fingerprint density at radius 2 is 2.36 bits per heavy atom. The van der Waals surface area contributed by atoms with Gasteiger partial charge >= 0.3 is 5.97 Å². The van der Waals surface area contributed by atoms with E-state index in [1.165, 1.54) is 0 Å². The van der Waals surface area contributed by atoms with E-state index in [1.54, 1.807) is 6.92 Å². The van der Waals surface area contributed by atoms with Crippen molar-refractivity contribution < 1.29 is 14.6 Å². The highest BCUT2D eigenvalue weighted by Gasteiger charge is 2.15. The monoisotopic (exact) mass is 178 g/mol. The van der Waals surface area contributed by atoms with Crippen LogP contribution in [0.5, 0.6) is 0 Å². The highest BCUT2D eigenvalue weighted by Crippen LogP contribution is 2.07. The number of hydrogen-bond donors (Lipinski definition) is 1. The second-order valence-corrected chi connectivity index (χ2v) is 2.52. The molecule has 1 atom stereocenters. The van der Waals surface area contributed by atoms with Crippen LogP contribution in [-0.2, 0) is 9.53 Å². The Morgan fingerprint density at radius 3 is 2.73 bits per heavy atom. The molecule has 0 spiro atoms. The van der Waals surface area contributed by atoms with Crippen LogP contribution in [0.3, 0.4) is 0 Å². The van der Waals surface area contributed by atoms with Crippen LogP contribution in [0, 0.1) is 0 Å². The normalized spacial score (nSPS) is 12.3. The SMILES string of the molecule is C=C(Cl)CC(O)C(=O)OCC. The van der Waals surface area contributed by atoms with E-state index < -0.39 is 12.1 Å². The molecule has 0 aromatic carbocycles. The molecule has 1 N–H and O–H groups in total. The van der Waals surface area contributed by atoms with Gasteiger partial charge in [0.15, 0.2) is 6.10 Å². The number of carbonyl (C=O) groups is 1. The molecule has 0 aromatic heterocycles. The second-order valence-electron chi connectivity index (χ2n) is 1.99. The summed E-state index contributed by atoms with van der Waals surface area (Å²) in [5.41, 5.74) is 0. The minimum Gasteiger partial charge on any atom is -0.464 e. The molecule has 0 aromatic rings. The largest absolute Gasteiger partial charge is 0.464 e. The van der Waals surface area contributed by atoms with Gasteiger partial charge in [-0.1, -0.05) is 18.2 Å². The summed E-state index contributed by atoms with van der Waals surface area (Å²) < 4.78 is 4.52. The van der Waals surface area contributed by atoms with Crippen LogP contribution in [0.4, 0.5) is 0 Å². The summed E-state index contributed by atoms with van der Waals surface area (Å²) in [6, 6.07) is 0. The lowest BCUT2D eigenvalue weighted by molar-refractivity contribution is -0.152. The molecule has 0 fully saturated rings. The van der Waals surface area contributed by atoms with Gasteiger partial charge in [0.05, 0.1) is 6.61 Å². The fourth-order valence-electron chi connectivity index (χ4n) is 0.532. The summed E-state index contributed by atoms with van der Waals surface area (Å²) >= 11 is 5.35. The first-order valence-electron chi connectivity index (χ1n) is 3.26. The molecular formula is C7H11ClO3. The fraction of sp³-hybridized carbons (Fsp3) is 0.571. The Balaban J connectivity index is 3.73. The van der Waals surface area contributed by atoms with Crippen LogP contribution < -0.4 is 0 Å². The zero-order chi connectivity index (χ0) is 8.85. The number of halogens is 1. The summed E-state index contributed by atoms with van der Waals surface area (Å²) in [6.07, 6.45) is -1.14. The molecule has 1 unspecified atom stereocenters. The van der Waals surface area contributed by atoms with Gasteiger partial charge < -0.3 is 9.84 Å². The Kier molecular flexibility index (Phi) is 4.90. The van der Waals surface area contributed by atoms with Gasteiger partial charge in [0.1, 0.15) is 0 Å². The number of hydrogen-bond acceptors (Lipinski definition) is 3. The van der Waals surface area contributed by atoms with Crippen molar-refractivity contribution in [3.05, 3.63) is 11.6 Å². The number of aliphatic hydroxyl groups excluding tert-OH is 1. The van der Waals surface area contributed by atoms with Gasteiger partial charge in [-0.15, -0.1) is 0 Å². The first kappa shape index (κ1) is 10.5.